The van der Waals surface area contributed by atoms with Crippen LogP contribution in [0.15, 0.2) is 88.9 Å². The predicted molar refractivity (Wildman–Crippen MR) is 153 cm³/mol. The summed E-state index contributed by atoms with van der Waals surface area (Å²) in [6.07, 6.45) is 1.58. The van der Waals surface area contributed by atoms with Gasteiger partial charge in [-0.15, -0.1) is 0 Å². The van der Waals surface area contributed by atoms with Crippen molar-refractivity contribution in [3.63, 3.8) is 0 Å². The molecule has 0 bridgehead atoms. The lowest BCUT2D eigenvalue weighted by atomic mass is 10.1. The smallest absolute Gasteiger partial charge is 0.264 e. The van der Waals surface area contributed by atoms with E-state index in [9.17, 15) is 13.2 Å². The molecule has 0 radical (unpaired) electrons. The summed E-state index contributed by atoms with van der Waals surface area (Å²) in [5, 5.41) is 4.14. The number of rotatable bonds is 8. The molecule has 0 aliphatic carbocycles. The number of aromatic nitrogens is 1. The van der Waals surface area contributed by atoms with Crippen molar-refractivity contribution >= 4 is 27.8 Å². The topological polar surface area (TPSA) is 83.8 Å². The summed E-state index contributed by atoms with van der Waals surface area (Å²) in [6.45, 7) is 9.41. The highest BCUT2D eigenvalue weighted by Crippen LogP contribution is 2.26. The molecule has 4 aromatic rings. The van der Waals surface area contributed by atoms with E-state index < -0.39 is 22.5 Å². The Labute approximate surface area is 224 Å². The molecule has 4 rings (SSSR count). The normalized spacial score (nSPS) is 11.6. The molecule has 0 atom stereocenters. The van der Waals surface area contributed by atoms with Crippen molar-refractivity contribution in [2.45, 2.75) is 39.5 Å². The average Bonchev–Trinajstić information content (AvgIpc) is 3.15. The molecule has 1 heterocycles. The van der Waals surface area contributed by atoms with Crippen LogP contribution in [0.25, 0.3) is 5.69 Å². The zero-order valence-electron chi connectivity index (χ0n) is 22.3. The van der Waals surface area contributed by atoms with E-state index in [1.54, 1.807) is 36.5 Å². The summed E-state index contributed by atoms with van der Waals surface area (Å²) in [5.41, 5.74) is 9.82. The van der Waals surface area contributed by atoms with Crippen molar-refractivity contribution < 1.29 is 13.2 Å². The first-order valence-electron chi connectivity index (χ1n) is 12.3. The van der Waals surface area contributed by atoms with Gasteiger partial charge in [-0.2, -0.15) is 5.10 Å². The monoisotopic (exact) mass is 528 g/mol. The third-order valence-electron chi connectivity index (χ3n) is 6.27. The van der Waals surface area contributed by atoms with E-state index in [2.05, 4.69) is 39.4 Å². The largest absolute Gasteiger partial charge is 0.318 e. The lowest BCUT2D eigenvalue weighted by Gasteiger charge is -2.24. The number of sulfonamides is 1. The van der Waals surface area contributed by atoms with Gasteiger partial charge in [-0.3, -0.25) is 9.10 Å². The van der Waals surface area contributed by atoms with Crippen molar-refractivity contribution in [3.05, 3.63) is 113 Å². The van der Waals surface area contributed by atoms with Gasteiger partial charge in [0.05, 0.1) is 16.8 Å². The van der Waals surface area contributed by atoms with E-state index in [0.29, 0.717) is 5.69 Å². The van der Waals surface area contributed by atoms with Crippen molar-refractivity contribution in [3.8, 4) is 5.69 Å². The van der Waals surface area contributed by atoms with Crippen LogP contribution in [-0.4, -0.2) is 31.7 Å². The Morgan fingerprint density at radius 1 is 0.868 bits per heavy atom. The maximum atomic E-state index is 13.5. The van der Waals surface area contributed by atoms with Crippen LogP contribution in [0.1, 0.15) is 33.6 Å². The molecule has 0 aliphatic heterocycles. The van der Waals surface area contributed by atoms with Crippen LogP contribution in [-0.2, 0) is 14.8 Å². The summed E-state index contributed by atoms with van der Waals surface area (Å²) in [7, 11) is -3.99. The van der Waals surface area contributed by atoms with Crippen molar-refractivity contribution in [2.24, 2.45) is 5.10 Å². The van der Waals surface area contributed by atoms with Gasteiger partial charge in [-0.25, -0.2) is 13.8 Å². The van der Waals surface area contributed by atoms with E-state index in [4.69, 9.17) is 0 Å². The second kappa shape index (κ2) is 11.1. The molecule has 0 aliphatic rings. The van der Waals surface area contributed by atoms with E-state index in [0.717, 1.165) is 38.1 Å². The standard InChI is InChI=1S/C30H32N4O3S/c1-21-11-13-27(14-12-21)34-24(4)18-26(25(34)5)19-31-32-30(35)20-33(28-16-22(2)15-23(3)17-28)38(36,37)29-9-7-6-8-10-29/h6-19H,20H2,1-5H3,(H,32,35)/b31-19+. The Bertz CT molecular complexity index is 1570. The highest BCUT2D eigenvalue weighted by molar-refractivity contribution is 7.92. The minimum absolute atomic E-state index is 0.110. The molecule has 38 heavy (non-hydrogen) atoms. The lowest BCUT2D eigenvalue weighted by Crippen LogP contribution is -2.39. The van der Waals surface area contributed by atoms with Crippen LogP contribution in [0.2, 0.25) is 0 Å². The molecule has 0 saturated heterocycles. The molecule has 1 aromatic heterocycles. The highest BCUT2D eigenvalue weighted by atomic mass is 32.2. The molecular formula is C30H32N4O3S. The number of hydrogen-bond acceptors (Lipinski definition) is 4. The third kappa shape index (κ3) is 5.86. The minimum Gasteiger partial charge on any atom is -0.318 e. The van der Waals surface area contributed by atoms with Gasteiger partial charge < -0.3 is 4.57 Å². The van der Waals surface area contributed by atoms with Gasteiger partial charge in [0, 0.05) is 22.6 Å². The van der Waals surface area contributed by atoms with Gasteiger partial charge in [-0.1, -0.05) is 42.0 Å². The van der Waals surface area contributed by atoms with E-state index in [1.165, 1.54) is 17.7 Å². The van der Waals surface area contributed by atoms with Crippen LogP contribution in [0, 0.1) is 34.6 Å². The summed E-state index contributed by atoms with van der Waals surface area (Å²) >= 11 is 0. The molecular weight excluding hydrogens is 496 g/mol. The number of carbonyl (C=O) groups is 1. The predicted octanol–water partition coefficient (Wildman–Crippen LogP) is 5.37. The van der Waals surface area contributed by atoms with Crippen LogP contribution >= 0.6 is 0 Å². The Morgan fingerprint density at radius 3 is 2.13 bits per heavy atom. The summed E-state index contributed by atoms with van der Waals surface area (Å²) in [5.74, 6) is -0.549. The lowest BCUT2D eigenvalue weighted by molar-refractivity contribution is -0.119. The van der Waals surface area contributed by atoms with Gasteiger partial charge in [0.15, 0.2) is 0 Å². The average molecular weight is 529 g/mol. The van der Waals surface area contributed by atoms with Gasteiger partial charge >= 0.3 is 0 Å². The number of amides is 1. The zero-order valence-corrected chi connectivity index (χ0v) is 23.1. The van der Waals surface area contributed by atoms with Crippen molar-refractivity contribution in [1.82, 2.24) is 9.99 Å². The van der Waals surface area contributed by atoms with E-state index in [1.807, 2.05) is 46.8 Å². The molecule has 0 fully saturated rings. The zero-order chi connectivity index (χ0) is 27.4. The highest BCUT2D eigenvalue weighted by Gasteiger charge is 2.27. The van der Waals surface area contributed by atoms with Crippen LogP contribution in [0.5, 0.6) is 0 Å². The maximum Gasteiger partial charge on any atom is 0.264 e. The molecule has 0 saturated carbocycles. The molecule has 0 unspecified atom stereocenters. The molecule has 0 spiro atoms. The fraction of sp³-hybridized carbons (Fsp3) is 0.200. The van der Waals surface area contributed by atoms with Crippen molar-refractivity contribution in [2.75, 3.05) is 10.8 Å². The number of aryl methyl sites for hydroxylation is 4. The first-order chi connectivity index (χ1) is 18.1. The molecule has 8 heteroatoms. The minimum atomic E-state index is -3.99. The number of benzene rings is 3. The Kier molecular flexibility index (Phi) is 7.83. The number of hydrogen-bond donors (Lipinski definition) is 1. The van der Waals surface area contributed by atoms with Crippen molar-refractivity contribution in [1.29, 1.82) is 0 Å². The molecule has 7 nitrogen and oxygen atoms in total. The fourth-order valence-electron chi connectivity index (χ4n) is 4.48. The molecule has 1 N–H and O–H groups in total. The van der Waals surface area contributed by atoms with Gasteiger partial charge in [0.1, 0.15) is 6.54 Å². The van der Waals surface area contributed by atoms with Crippen LogP contribution < -0.4 is 9.73 Å². The molecule has 3 aromatic carbocycles. The first kappa shape index (κ1) is 26.9. The number of nitrogens with one attached hydrogen (secondary N) is 1. The quantitative estimate of drug-likeness (QED) is 0.247. The molecule has 1 amide bonds. The number of anilines is 1. The molecule has 196 valence electrons. The summed E-state index contributed by atoms with van der Waals surface area (Å²) in [4.78, 5) is 13.0. The van der Waals surface area contributed by atoms with Gasteiger partial charge in [0.25, 0.3) is 15.9 Å². The second-order valence-corrected chi connectivity index (χ2v) is 11.3. The Balaban J connectivity index is 1.56. The number of carbonyl (C=O) groups excluding carboxylic acids is 1. The van der Waals surface area contributed by atoms with E-state index >= 15 is 0 Å². The number of nitrogens with zero attached hydrogens (tertiary/aromatic N) is 3. The SMILES string of the molecule is Cc1ccc(-n2c(C)cc(/C=N/NC(=O)CN(c3cc(C)cc(C)c3)S(=O)(=O)c3ccccc3)c2C)cc1. The summed E-state index contributed by atoms with van der Waals surface area (Å²) in [6, 6.07) is 23.8. The summed E-state index contributed by atoms with van der Waals surface area (Å²) < 4.78 is 30.3. The van der Waals surface area contributed by atoms with Crippen LogP contribution in [0.3, 0.4) is 0 Å². The van der Waals surface area contributed by atoms with Crippen LogP contribution in [0.4, 0.5) is 5.69 Å². The maximum absolute atomic E-state index is 13.5. The Hall–Kier alpha value is -4.17. The van der Waals surface area contributed by atoms with E-state index in [-0.39, 0.29) is 4.90 Å². The first-order valence-corrected chi connectivity index (χ1v) is 13.7. The number of hydrazone groups is 1. The second-order valence-electron chi connectivity index (χ2n) is 9.46. The van der Waals surface area contributed by atoms with Gasteiger partial charge in [0.2, 0.25) is 0 Å². The third-order valence-corrected chi connectivity index (χ3v) is 8.06. The fourth-order valence-corrected chi connectivity index (χ4v) is 5.90. The van der Waals surface area contributed by atoms with Gasteiger partial charge in [-0.05, 0) is 88.2 Å². The Morgan fingerprint density at radius 2 is 1.50 bits per heavy atom.